The highest BCUT2D eigenvalue weighted by Crippen LogP contribution is 2.43. The average Bonchev–Trinajstić information content (AvgIpc) is 3.49. The number of allylic oxidation sites excluding steroid dienone is 9. The summed E-state index contributed by atoms with van der Waals surface area (Å²) in [5.74, 6) is -0.185. The minimum atomic E-state index is -4.37. The Bertz CT molecular complexity index is 1570. The summed E-state index contributed by atoms with van der Waals surface area (Å²) >= 11 is 0. The van der Waals surface area contributed by atoms with E-state index in [1.165, 1.54) is 295 Å². The first kappa shape index (κ1) is 83.2. The summed E-state index contributed by atoms with van der Waals surface area (Å²) in [7, 11) is 1.56. The highest BCUT2D eigenvalue weighted by molar-refractivity contribution is 7.47. The molecule has 0 spiro atoms. The molecular formula is C76H146N2O6P+. The van der Waals surface area contributed by atoms with Crippen LogP contribution in [0, 0.1) is 0 Å². The van der Waals surface area contributed by atoms with Gasteiger partial charge in [-0.1, -0.05) is 344 Å². The molecule has 0 aromatic carbocycles. The molecule has 0 aliphatic rings. The zero-order valence-electron chi connectivity index (χ0n) is 57.4. The number of aliphatic hydroxyl groups is 1. The van der Waals surface area contributed by atoms with E-state index in [0.717, 1.165) is 51.4 Å². The van der Waals surface area contributed by atoms with E-state index in [0.29, 0.717) is 17.4 Å². The van der Waals surface area contributed by atoms with E-state index in [9.17, 15) is 19.4 Å². The number of phosphoric acid groups is 1. The molecule has 8 nitrogen and oxygen atoms in total. The highest BCUT2D eigenvalue weighted by atomic mass is 31.2. The monoisotopic (exact) mass is 1210 g/mol. The third kappa shape index (κ3) is 69.5. The minimum Gasteiger partial charge on any atom is -0.387 e. The predicted octanol–water partition coefficient (Wildman–Crippen LogP) is 23.9. The van der Waals surface area contributed by atoms with Crippen molar-refractivity contribution < 1.29 is 32.9 Å². The second kappa shape index (κ2) is 66.6. The Morgan fingerprint density at radius 2 is 0.682 bits per heavy atom. The van der Waals surface area contributed by atoms with Crippen LogP contribution in [0.3, 0.4) is 0 Å². The molecular weight excluding hydrogens is 1070 g/mol. The molecule has 0 aliphatic heterocycles. The van der Waals surface area contributed by atoms with E-state index in [1.54, 1.807) is 6.08 Å². The number of quaternary nitrogens is 1. The number of nitrogens with one attached hydrogen (secondary N) is 1. The number of unbranched alkanes of at least 4 members (excludes halogenated alkanes) is 48. The molecule has 1 amide bonds. The van der Waals surface area contributed by atoms with Gasteiger partial charge in [0.1, 0.15) is 13.2 Å². The quantitative estimate of drug-likeness (QED) is 0.0243. The maximum absolute atomic E-state index is 13.1. The molecule has 3 atom stereocenters. The van der Waals surface area contributed by atoms with Crippen LogP contribution in [0.15, 0.2) is 60.8 Å². The van der Waals surface area contributed by atoms with Crippen molar-refractivity contribution >= 4 is 13.7 Å². The van der Waals surface area contributed by atoms with Crippen molar-refractivity contribution in [2.75, 3.05) is 40.9 Å². The van der Waals surface area contributed by atoms with Gasteiger partial charge in [0.15, 0.2) is 0 Å². The van der Waals surface area contributed by atoms with Crippen LogP contribution < -0.4 is 5.32 Å². The lowest BCUT2D eigenvalue weighted by Gasteiger charge is -2.25. The Balaban J connectivity index is 4.07. The number of hydrogen-bond acceptors (Lipinski definition) is 5. The summed E-state index contributed by atoms with van der Waals surface area (Å²) in [5, 5.41) is 14.0. The molecule has 0 fully saturated rings. The van der Waals surface area contributed by atoms with Crippen LogP contribution in [-0.4, -0.2) is 73.4 Å². The van der Waals surface area contributed by atoms with Crippen molar-refractivity contribution in [1.82, 2.24) is 5.32 Å². The number of carbonyl (C=O) groups excluding carboxylic acids is 1. The molecule has 500 valence electrons. The van der Waals surface area contributed by atoms with Crippen LogP contribution in [0.1, 0.15) is 367 Å². The van der Waals surface area contributed by atoms with E-state index in [1.807, 2.05) is 27.2 Å². The first-order chi connectivity index (χ1) is 41.5. The van der Waals surface area contributed by atoms with Crippen molar-refractivity contribution in [3.8, 4) is 0 Å². The summed E-state index contributed by atoms with van der Waals surface area (Å²) in [6, 6.07) is -0.872. The lowest BCUT2D eigenvalue weighted by atomic mass is 10.0. The number of aliphatic hydroxyl groups excluding tert-OH is 1. The normalized spacial score (nSPS) is 13.9. The van der Waals surface area contributed by atoms with Gasteiger partial charge in [0.2, 0.25) is 5.91 Å². The number of amides is 1. The Kier molecular flexibility index (Phi) is 65.2. The first-order valence-corrected chi connectivity index (χ1v) is 38.7. The Morgan fingerprint density at radius 1 is 0.400 bits per heavy atom. The molecule has 0 saturated heterocycles. The molecule has 9 heteroatoms. The summed E-state index contributed by atoms with van der Waals surface area (Å²) in [6.45, 7) is 4.83. The van der Waals surface area contributed by atoms with E-state index >= 15 is 0 Å². The number of likely N-dealkylation sites (N-methyl/N-ethyl adjacent to an activating group) is 1. The molecule has 0 aromatic rings. The molecule has 0 radical (unpaired) electrons. The van der Waals surface area contributed by atoms with Crippen molar-refractivity contribution in [1.29, 1.82) is 0 Å². The van der Waals surface area contributed by atoms with Crippen LogP contribution in [0.4, 0.5) is 0 Å². The molecule has 0 saturated carbocycles. The SMILES string of the molecule is CCCCCCC/C=C\C/C=C\CCCCCCCCCCCCCCCCCCCCCCCC(=O)NC(COP(=O)(O)OCC[N+](C)(C)C)C(O)/C=C/CC/C=C/CC/C=C/CCCCCCCCCCCCCCCCCCCCCC. The van der Waals surface area contributed by atoms with Crippen LogP contribution in [-0.2, 0) is 18.4 Å². The zero-order chi connectivity index (χ0) is 61.9. The number of nitrogens with zero attached hydrogens (tertiary/aromatic N) is 1. The number of phosphoric ester groups is 1. The van der Waals surface area contributed by atoms with Gasteiger partial charge in [0, 0.05) is 6.42 Å². The van der Waals surface area contributed by atoms with Gasteiger partial charge >= 0.3 is 7.82 Å². The molecule has 0 rings (SSSR count). The lowest BCUT2D eigenvalue weighted by molar-refractivity contribution is -0.870. The summed E-state index contributed by atoms with van der Waals surface area (Å²) in [6.07, 6.45) is 92.5. The third-order valence-corrected chi connectivity index (χ3v) is 17.9. The fourth-order valence-corrected chi connectivity index (χ4v) is 11.9. The maximum atomic E-state index is 13.1. The van der Waals surface area contributed by atoms with Gasteiger partial charge in [-0.05, 0) is 77.0 Å². The molecule has 0 aliphatic carbocycles. The van der Waals surface area contributed by atoms with Gasteiger partial charge < -0.3 is 19.8 Å². The maximum Gasteiger partial charge on any atom is 0.472 e. The number of carbonyl (C=O) groups is 1. The molecule has 3 N–H and O–H groups in total. The molecule has 0 aromatic heterocycles. The molecule has 0 heterocycles. The van der Waals surface area contributed by atoms with Gasteiger partial charge in [-0.25, -0.2) is 4.57 Å². The number of hydrogen-bond donors (Lipinski definition) is 3. The summed E-state index contributed by atoms with van der Waals surface area (Å²) in [4.78, 5) is 23.4. The third-order valence-electron chi connectivity index (χ3n) is 16.9. The molecule has 3 unspecified atom stereocenters. The van der Waals surface area contributed by atoms with Crippen LogP contribution in [0.25, 0.3) is 0 Å². The van der Waals surface area contributed by atoms with Crippen molar-refractivity contribution in [2.45, 2.75) is 379 Å². The largest absolute Gasteiger partial charge is 0.472 e. The second-order valence-electron chi connectivity index (χ2n) is 26.7. The minimum absolute atomic E-state index is 0.0538. The first-order valence-electron chi connectivity index (χ1n) is 37.2. The fraction of sp³-hybridized carbons (Fsp3) is 0.855. The fourth-order valence-electron chi connectivity index (χ4n) is 11.2. The van der Waals surface area contributed by atoms with Crippen molar-refractivity contribution in [2.24, 2.45) is 0 Å². The van der Waals surface area contributed by atoms with Crippen molar-refractivity contribution in [3.05, 3.63) is 60.8 Å². The Hall–Kier alpha value is -1.80. The highest BCUT2D eigenvalue weighted by Gasteiger charge is 2.28. The molecule has 85 heavy (non-hydrogen) atoms. The van der Waals surface area contributed by atoms with Crippen molar-refractivity contribution in [3.63, 3.8) is 0 Å². The average molecular weight is 1210 g/mol. The van der Waals surface area contributed by atoms with E-state index < -0.39 is 20.0 Å². The predicted molar refractivity (Wildman–Crippen MR) is 374 cm³/mol. The summed E-state index contributed by atoms with van der Waals surface area (Å²) < 4.78 is 23.8. The standard InChI is InChI=1S/C76H145N2O6P/c1-6-8-10-12-14-16-18-20-22-24-26-28-30-32-34-36-38-39-40-42-44-46-48-50-52-54-56-58-60-62-64-66-68-70-76(80)77-74(73-84-85(81,82)83-72-71-78(3,4)5)75(79)69-67-65-63-61-59-57-55-53-51-49-47-45-43-41-37-35-33-31-29-27-25-23-21-19-17-15-13-11-9-7-2/h18,20,24,26,51,53,59,61,67,69,74-75,79H,6-17,19,21-23,25,27-50,52,54-58,60,62-66,68,70-73H2,1-5H3,(H-,77,80,81,82)/p+1/b20-18-,26-24-,53-51+,61-59+,69-67+. The van der Waals surface area contributed by atoms with E-state index in [2.05, 4.69) is 67.8 Å². The van der Waals surface area contributed by atoms with Crippen LogP contribution in [0.2, 0.25) is 0 Å². The smallest absolute Gasteiger partial charge is 0.387 e. The number of rotatable bonds is 69. The van der Waals surface area contributed by atoms with Gasteiger partial charge in [0.05, 0.1) is 39.9 Å². The Labute approximate surface area is 530 Å². The zero-order valence-corrected chi connectivity index (χ0v) is 58.3. The molecule has 0 bridgehead atoms. The van der Waals surface area contributed by atoms with Crippen LogP contribution >= 0.6 is 7.82 Å². The van der Waals surface area contributed by atoms with Gasteiger partial charge in [-0.3, -0.25) is 13.8 Å². The summed E-state index contributed by atoms with van der Waals surface area (Å²) in [5.41, 5.74) is 0. The van der Waals surface area contributed by atoms with Crippen LogP contribution in [0.5, 0.6) is 0 Å². The topological polar surface area (TPSA) is 105 Å². The van der Waals surface area contributed by atoms with Gasteiger partial charge in [-0.15, -0.1) is 0 Å². The van der Waals surface area contributed by atoms with Gasteiger partial charge in [0.25, 0.3) is 0 Å². The van der Waals surface area contributed by atoms with E-state index in [-0.39, 0.29) is 19.1 Å². The van der Waals surface area contributed by atoms with E-state index in [4.69, 9.17) is 9.05 Å². The van der Waals surface area contributed by atoms with Gasteiger partial charge in [-0.2, -0.15) is 0 Å². The Morgan fingerprint density at radius 3 is 1.01 bits per heavy atom. The second-order valence-corrected chi connectivity index (χ2v) is 28.1. The lowest BCUT2D eigenvalue weighted by Crippen LogP contribution is -2.45.